The molecule has 0 aliphatic carbocycles. The van der Waals surface area contributed by atoms with Crippen LogP contribution in [0.2, 0.25) is 0 Å². The second-order valence-corrected chi connectivity index (χ2v) is 8.97. The fraction of sp³-hybridized carbons (Fsp3) is 0.273. The first-order valence-electron chi connectivity index (χ1n) is 10.1. The maximum atomic E-state index is 11.7. The van der Waals surface area contributed by atoms with E-state index in [4.69, 9.17) is 14.9 Å². The van der Waals surface area contributed by atoms with Crippen molar-refractivity contribution in [3.63, 3.8) is 0 Å². The van der Waals surface area contributed by atoms with Crippen LogP contribution in [0, 0.1) is 0 Å². The minimum atomic E-state index is -3.76. The molecule has 0 saturated heterocycles. The molecule has 162 valence electrons. The van der Waals surface area contributed by atoms with Gasteiger partial charge in [-0.25, -0.2) is 23.5 Å². The summed E-state index contributed by atoms with van der Waals surface area (Å²) in [4.78, 5) is 9.39. The van der Waals surface area contributed by atoms with Gasteiger partial charge in [0.25, 0.3) is 0 Å². The van der Waals surface area contributed by atoms with Crippen LogP contribution in [0.5, 0.6) is 0 Å². The number of ether oxygens (including phenoxy) is 1. The lowest BCUT2D eigenvalue weighted by Crippen LogP contribution is -2.12. The van der Waals surface area contributed by atoms with Crippen LogP contribution in [-0.4, -0.2) is 24.9 Å². The molecule has 0 unspecified atom stereocenters. The third-order valence-electron chi connectivity index (χ3n) is 4.98. The third kappa shape index (κ3) is 5.19. The number of primary sulfonamides is 1. The summed E-state index contributed by atoms with van der Waals surface area (Å²) in [5, 5.41) is 11.9. The van der Waals surface area contributed by atoms with Gasteiger partial charge < -0.3 is 15.4 Å². The highest BCUT2D eigenvalue weighted by atomic mass is 32.2. The van der Waals surface area contributed by atoms with E-state index in [9.17, 15) is 8.42 Å². The molecule has 0 fully saturated rings. The summed E-state index contributed by atoms with van der Waals surface area (Å²) in [5.74, 6) is 0.483. The molecule has 4 N–H and O–H groups in total. The monoisotopic (exact) mass is 439 g/mol. The number of benzene rings is 2. The molecule has 3 aromatic rings. The van der Waals surface area contributed by atoms with Gasteiger partial charge in [-0.2, -0.15) is 0 Å². The van der Waals surface area contributed by atoms with E-state index in [2.05, 4.69) is 22.5 Å². The Morgan fingerprint density at radius 2 is 1.84 bits per heavy atom. The van der Waals surface area contributed by atoms with Crippen LogP contribution in [0.4, 0.5) is 17.3 Å². The first-order chi connectivity index (χ1) is 14.9. The Labute approximate surface area is 181 Å². The average Bonchev–Trinajstić information content (AvgIpc) is 3.22. The predicted octanol–water partition coefficient (Wildman–Crippen LogP) is 3.31. The standard InChI is InChI=1S/C22H25N5O3S/c1-2-10-24-16-6-8-17(9-7-16)25-22-26-20(19-13-30-14-21(19)27-22)12-15-4-3-5-18(11-15)31(23,28)29/h3-9,11,24H,2,10,12-14H2,1H3,(H2,23,28,29)(H,25,26,27). The fourth-order valence-electron chi connectivity index (χ4n) is 3.42. The smallest absolute Gasteiger partial charge is 0.238 e. The van der Waals surface area contributed by atoms with Gasteiger partial charge in [0.2, 0.25) is 16.0 Å². The van der Waals surface area contributed by atoms with Gasteiger partial charge >= 0.3 is 0 Å². The zero-order valence-corrected chi connectivity index (χ0v) is 18.1. The van der Waals surface area contributed by atoms with Crippen molar-refractivity contribution >= 4 is 27.3 Å². The van der Waals surface area contributed by atoms with Crippen molar-refractivity contribution in [1.82, 2.24) is 9.97 Å². The molecule has 0 spiro atoms. The normalized spacial score (nSPS) is 13.1. The van der Waals surface area contributed by atoms with Crippen molar-refractivity contribution in [2.24, 2.45) is 5.14 Å². The van der Waals surface area contributed by atoms with E-state index in [0.717, 1.165) is 46.9 Å². The lowest BCUT2D eigenvalue weighted by molar-refractivity contribution is 0.133. The molecule has 9 heteroatoms. The van der Waals surface area contributed by atoms with E-state index >= 15 is 0 Å². The number of nitrogens with two attached hydrogens (primary N) is 1. The summed E-state index contributed by atoms with van der Waals surface area (Å²) >= 11 is 0. The van der Waals surface area contributed by atoms with Gasteiger partial charge in [0.1, 0.15) is 0 Å². The van der Waals surface area contributed by atoms with E-state index in [1.54, 1.807) is 12.1 Å². The summed E-state index contributed by atoms with van der Waals surface area (Å²) in [5.41, 5.74) is 5.34. The molecule has 31 heavy (non-hydrogen) atoms. The molecule has 8 nitrogen and oxygen atoms in total. The minimum absolute atomic E-state index is 0.0853. The van der Waals surface area contributed by atoms with Crippen molar-refractivity contribution in [3.05, 3.63) is 71.0 Å². The lowest BCUT2D eigenvalue weighted by Gasteiger charge is -2.12. The molecule has 1 aliphatic heterocycles. The van der Waals surface area contributed by atoms with Gasteiger partial charge in [0.15, 0.2) is 0 Å². The highest BCUT2D eigenvalue weighted by molar-refractivity contribution is 7.89. The zero-order chi connectivity index (χ0) is 21.8. The number of fused-ring (bicyclic) bond motifs is 1. The molecule has 1 aliphatic rings. The van der Waals surface area contributed by atoms with Crippen LogP contribution < -0.4 is 15.8 Å². The highest BCUT2D eigenvalue weighted by Gasteiger charge is 2.21. The summed E-state index contributed by atoms with van der Waals surface area (Å²) in [6.07, 6.45) is 1.51. The van der Waals surface area contributed by atoms with E-state index in [1.165, 1.54) is 6.07 Å². The topological polar surface area (TPSA) is 119 Å². The van der Waals surface area contributed by atoms with Gasteiger partial charge in [-0.3, -0.25) is 0 Å². The van der Waals surface area contributed by atoms with Crippen molar-refractivity contribution in [3.8, 4) is 0 Å². The predicted molar refractivity (Wildman–Crippen MR) is 120 cm³/mol. The molecule has 1 aromatic heterocycles. The SMILES string of the molecule is CCCNc1ccc(Nc2nc3c(c(Cc4cccc(S(N)(=O)=O)c4)n2)COC3)cc1. The van der Waals surface area contributed by atoms with Crippen LogP contribution in [0.25, 0.3) is 0 Å². The van der Waals surface area contributed by atoms with Gasteiger partial charge in [-0.15, -0.1) is 0 Å². The molecular weight excluding hydrogens is 414 g/mol. The first kappa shape index (κ1) is 21.2. The van der Waals surface area contributed by atoms with Gasteiger partial charge in [0.05, 0.1) is 29.5 Å². The summed E-state index contributed by atoms with van der Waals surface area (Å²) in [7, 11) is -3.76. The second-order valence-electron chi connectivity index (χ2n) is 7.41. The number of nitrogens with one attached hydrogen (secondary N) is 2. The molecule has 2 aromatic carbocycles. The number of anilines is 3. The van der Waals surface area contributed by atoms with Crippen molar-refractivity contribution in [1.29, 1.82) is 0 Å². The number of hydrogen-bond donors (Lipinski definition) is 3. The Morgan fingerprint density at radius 3 is 2.58 bits per heavy atom. The first-order valence-corrected chi connectivity index (χ1v) is 11.7. The summed E-state index contributed by atoms with van der Waals surface area (Å²) < 4.78 is 28.9. The van der Waals surface area contributed by atoms with Gasteiger partial charge in [-0.1, -0.05) is 19.1 Å². The molecule has 0 saturated carbocycles. The molecule has 0 bridgehead atoms. The molecular formula is C22H25N5O3S. The molecule has 2 heterocycles. The molecule has 4 rings (SSSR count). The Balaban J connectivity index is 1.58. The van der Waals surface area contributed by atoms with Gasteiger partial charge in [0, 0.05) is 29.9 Å². The van der Waals surface area contributed by atoms with Crippen LogP contribution in [-0.2, 0) is 34.4 Å². The maximum Gasteiger partial charge on any atom is 0.238 e. The lowest BCUT2D eigenvalue weighted by atomic mass is 10.1. The largest absolute Gasteiger partial charge is 0.385 e. The van der Waals surface area contributed by atoms with Crippen LogP contribution >= 0.6 is 0 Å². The third-order valence-corrected chi connectivity index (χ3v) is 5.89. The number of sulfonamides is 1. The Hall–Kier alpha value is -3.01. The van der Waals surface area contributed by atoms with E-state index in [-0.39, 0.29) is 4.90 Å². The zero-order valence-electron chi connectivity index (χ0n) is 17.3. The van der Waals surface area contributed by atoms with Crippen molar-refractivity contribution < 1.29 is 13.2 Å². The number of rotatable bonds is 8. The van der Waals surface area contributed by atoms with E-state index in [1.807, 2.05) is 30.3 Å². The van der Waals surface area contributed by atoms with Crippen LogP contribution in [0.1, 0.15) is 35.9 Å². The Kier molecular flexibility index (Phi) is 6.17. The second kappa shape index (κ2) is 9.01. The number of hydrogen-bond acceptors (Lipinski definition) is 7. The molecule has 0 amide bonds. The quantitative estimate of drug-likeness (QED) is 0.493. The van der Waals surface area contributed by atoms with E-state index < -0.39 is 10.0 Å². The maximum absolute atomic E-state index is 11.7. The fourth-order valence-corrected chi connectivity index (χ4v) is 4.00. The molecule has 0 radical (unpaired) electrons. The van der Waals surface area contributed by atoms with Crippen molar-refractivity contribution in [2.75, 3.05) is 17.2 Å². The highest BCUT2D eigenvalue weighted by Crippen LogP contribution is 2.26. The summed E-state index contributed by atoms with van der Waals surface area (Å²) in [6, 6.07) is 14.6. The molecule has 0 atom stereocenters. The van der Waals surface area contributed by atoms with E-state index in [0.29, 0.717) is 25.6 Å². The average molecular weight is 440 g/mol. The van der Waals surface area contributed by atoms with Crippen LogP contribution in [0.15, 0.2) is 53.4 Å². The minimum Gasteiger partial charge on any atom is -0.385 e. The Morgan fingerprint density at radius 1 is 1.06 bits per heavy atom. The number of aromatic nitrogens is 2. The Bertz CT molecular complexity index is 1180. The number of nitrogens with zero attached hydrogens (tertiary/aromatic N) is 2. The summed E-state index contributed by atoms with van der Waals surface area (Å²) in [6.45, 7) is 3.92. The van der Waals surface area contributed by atoms with Gasteiger partial charge in [-0.05, 0) is 48.4 Å². The van der Waals surface area contributed by atoms with Crippen LogP contribution in [0.3, 0.4) is 0 Å². The van der Waals surface area contributed by atoms with Crippen molar-refractivity contribution in [2.45, 2.75) is 37.9 Å².